The Morgan fingerprint density at radius 3 is 2.65 bits per heavy atom. The van der Waals surface area contributed by atoms with Crippen LogP contribution in [0.25, 0.3) is 11.1 Å². The maximum Gasteiger partial charge on any atom is 0.137 e. The Bertz CT molecular complexity index is 579. The SMILES string of the molecule is COc1cncc(-c2ccc(CNC(C)C)cc2C)c1. The van der Waals surface area contributed by atoms with E-state index in [1.165, 1.54) is 16.7 Å². The summed E-state index contributed by atoms with van der Waals surface area (Å²) in [7, 11) is 1.66. The van der Waals surface area contributed by atoms with Crippen LogP contribution in [0.3, 0.4) is 0 Å². The summed E-state index contributed by atoms with van der Waals surface area (Å²) in [4.78, 5) is 4.22. The van der Waals surface area contributed by atoms with Crippen LogP contribution in [-0.2, 0) is 6.54 Å². The number of hydrogen-bond donors (Lipinski definition) is 1. The van der Waals surface area contributed by atoms with Gasteiger partial charge in [0.05, 0.1) is 13.3 Å². The van der Waals surface area contributed by atoms with Crippen LogP contribution in [0, 0.1) is 6.92 Å². The van der Waals surface area contributed by atoms with Crippen molar-refractivity contribution in [2.45, 2.75) is 33.4 Å². The molecule has 0 bridgehead atoms. The standard InChI is InChI=1S/C17H22N2O/c1-12(2)19-9-14-5-6-17(13(3)7-14)15-8-16(20-4)11-18-10-15/h5-8,10-12,19H,9H2,1-4H3. The lowest BCUT2D eigenvalue weighted by Crippen LogP contribution is -2.21. The van der Waals surface area contributed by atoms with E-state index in [2.05, 4.69) is 49.3 Å². The van der Waals surface area contributed by atoms with Crippen molar-refractivity contribution in [2.75, 3.05) is 7.11 Å². The van der Waals surface area contributed by atoms with Gasteiger partial charge in [-0.1, -0.05) is 32.0 Å². The lowest BCUT2D eigenvalue weighted by Gasteiger charge is -2.12. The number of aromatic nitrogens is 1. The van der Waals surface area contributed by atoms with Gasteiger partial charge in [0.15, 0.2) is 0 Å². The van der Waals surface area contributed by atoms with Gasteiger partial charge in [0.2, 0.25) is 0 Å². The third-order valence-corrected chi connectivity index (χ3v) is 3.27. The largest absolute Gasteiger partial charge is 0.495 e. The van der Waals surface area contributed by atoms with Gasteiger partial charge in [-0.3, -0.25) is 4.98 Å². The van der Waals surface area contributed by atoms with E-state index in [-0.39, 0.29) is 0 Å². The lowest BCUT2D eigenvalue weighted by molar-refractivity contribution is 0.413. The average molecular weight is 270 g/mol. The van der Waals surface area contributed by atoms with Crippen molar-refractivity contribution in [3.05, 3.63) is 47.8 Å². The van der Waals surface area contributed by atoms with E-state index in [9.17, 15) is 0 Å². The monoisotopic (exact) mass is 270 g/mol. The minimum atomic E-state index is 0.498. The molecular formula is C17H22N2O. The van der Waals surface area contributed by atoms with E-state index in [0.717, 1.165) is 17.9 Å². The number of nitrogens with zero attached hydrogens (tertiary/aromatic N) is 1. The van der Waals surface area contributed by atoms with E-state index < -0.39 is 0 Å². The fourth-order valence-corrected chi connectivity index (χ4v) is 2.16. The fourth-order valence-electron chi connectivity index (χ4n) is 2.16. The van der Waals surface area contributed by atoms with Gasteiger partial charge < -0.3 is 10.1 Å². The average Bonchev–Trinajstić information content (AvgIpc) is 2.45. The van der Waals surface area contributed by atoms with Crippen LogP contribution in [0.2, 0.25) is 0 Å². The molecule has 1 heterocycles. The molecule has 0 aliphatic carbocycles. The van der Waals surface area contributed by atoms with Crippen LogP contribution in [0.5, 0.6) is 5.75 Å². The summed E-state index contributed by atoms with van der Waals surface area (Å²) >= 11 is 0. The van der Waals surface area contributed by atoms with Gasteiger partial charge in [0.1, 0.15) is 5.75 Å². The molecule has 0 saturated carbocycles. The van der Waals surface area contributed by atoms with Gasteiger partial charge in [0, 0.05) is 24.3 Å². The third-order valence-electron chi connectivity index (χ3n) is 3.27. The molecule has 0 saturated heterocycles. The van der Waals surface area contributed by atoms with Crippen LogP contribution >= 0.6 is 0 Å². The summed E-state index contributed by atoms with van der Waals surface area (Å²) in [5.41, 5.74) is 4.84. The molecule has 0 amide bonds. The van der Waals surface area contributed by atoms with Gasteiger partial charge in [0.25, 0.3) is 0 Å². The predicted molar refractivity (Wildman–Crippen MR) is 82.9 cm³/mol. The molecule has 0 radical (unpaired) electrons. The number of ether oxygens (including phenoxy) is 1. The van der Waals surface area contributed by atoms with Crippen molar-refractivity contribution in [1.29, 1.82) is 0 Å². The van der Waals surface area contributed by atoms with Crippen molar-refractivity contribution in [2.24, 2.45) is 0 Å². The first kappa shape index (κ1) is 14.5. The number of pyridine rings is 1. The Morgan fingerprint density at radius 1 is 1.20 bits per heavy atom. The Kier molecular flexibility index (Phi) is 4.74. The lowest BCUT2D eigenvalue weighted by atomic mass is 9.99. The number of hydrogen-bond acceptors (Lipinski definition) is 3. The van der Waals surface area contributed by atoms with Gasteiger partial charge in [-0.05, 0) is 29.7 Å². The summed E-state index contributed by atoms with van der Waals surface area (Å²) < 4.78 is 5.23. The van der Waals surface area contributed by atoms with Crippen LogP contribution in [0.1, 0.15) is 25.0 Å². The zero-order chi connectivity index (χ0) is 14.5. The molecule has 20 heavy (non-hydrogen) atoms. The van der Waals surface area contributed by atoms with Crippen molar-refractivity contribution in [3.63, 3.8) is 0 Å². The molecule has 3 heteroatoms. The quantitative estimate of drug-likeness (QED) is 0.902. The van der Waals surface area contributed by atoms with Gasteiger partial charge >= 0.3 is 0 Å². The summed E-state index contributed by atoms with van der Waals surface area (Å²) in [6, 6.07) is 9.06. The van der Waals surface area contributed by atoms with E-state index in [4.69, 9.17) is 4.74 Å². The molecule has 0 fully saturated rings. The zero-order valence-electron chi connectivity index (χ0n) is 12.6. The van der Waals surface area contributed by atoms with Crippen molar-refractivity contribution < 1.29 is 4.74 Å². The number of benzene rings is 1. The highest BCUT2D eigenvalue weighted by atomic mass is 16.5. The normalized spacial score (nSPS) is 10.8. The molecule has 1 aromatic heterocycles. The molecular weight excluding hydrogens is 248 g/mol. The highest BCUT2D eigenvalue weighted by molar-refractivity contribution is 5.67. The van der Waals surface area contributed by atoms with Crippen LogP contribution < -0.4 is 10.1 Å². The van der Waals surface area contributed by atoms with Crippen LogP contribution in [0.15, 0.2) is 36.7 Å². The number of rotatable bonds is 5. The molecule has 0 spiro atoms. The first-order valence-corrected chi connectivity index (χ1v) is 6.92. The maximum absolute atomic E-state index is 5.23. The first-order valence-electron chi connectivity index (χ1n) is 6.92. The Labute approximate surface area is 121 Å². The Balaban J connectivity index is 2.24. The van der Waals surface area contributed by atoms with Gasteiger partial charge in [-0.2, -0.15) is 0 Å². The summed E-state index contributed by atoms with van der Waals surface area (Å²) in [6.45, 7) is 7.34. The minimum Gasteiger partial charge on any atom is -0.495 e. The zero-order valence-corrected chi connectivity index (χ0v) is 12.6. The smallest absolute Gasteiger partial charge is 0.137 e. The van der Waals surface area contributed by atoms with E-state index in [1.54, 1.807) is 13.3 Å². The van der Waals surface area contributed by atoms with Crippen LogP contribution in [0.4, 0.5) is 0 Å². The Hall–Kier alpha value is -1.87. The second kappa shape index (κ2) is 6.53. The van der Waals surface area contributed by atoms with Gasteiger partial charge in [-0.25, -0.2) is 0 Å². The Morgan fingerprint density at radius 2 is 2.00 bits per heavy atom. The summed E-state index contributed by atoms with van der Waals surface area (Å²) in [6.07, 6.45) is 3.59. The molecule has 3 nitrogen and oxygen atoms in total. The summed E-state index contributed by atoms with van der Waals surface area (Å²) in [5.74, 6) is 0.785. The third kappa shape index (κ3) is 3.58. The van der Waals surface area contributed by atoms with Crippen molar-refractivity contribution in [3.8, 4) is 16.9 Å². The molecule has 1 aromatic carbocycles. The highest BCUT2D eigenvalue weighted by Crippen LogP contribution is 2.26. The van der Waals surface area contributed by atoms with E-state index in [1.807, 2.05) is 12.3 Å². The predicted octanol–water partition coefficient (Wildman–Crippen LogP) is 3.56. The van der Waals surface area contributed by atoms with Crippen molar-refractivity contribution >= 4 is 0 Å². The maximum atomic E-state index is 5.23. The summed E-state index contributed by atoms with van der Waals surface area (Å²) in [5, 5.41) is 3.43. The van der Waals surface area contributed by atoms with Crippen molar-refractivity contribution in [1.82, 2.24) is 10.3 Å². The van der Waals surface area contributed by atoms with E-state index in [0.29, 0.717) is 6.04 Å². The number of methoxy groups -OCH3 is 1. The topological polar surface area (TPSA) is 34.1 Å². The molecule has 0 atom stereocenters. The second-order valence-corrected chi connectivity index (χ2v) is 5.30. The second-order valence-electron chi connectivity index (χ2n) is 5.30. The molecule has 2 aromatic rings. The fraction of sp³-hybridized carbons (Fsp3) is 0.353. The molecule has 0 unspecified atom stereocenters. The molecule has 0 aliphatic heterocycles. The van der Waals surface area contributed by atoms with Gasteiger partial charge in [-0.15, -0.1) is 0 Å². The van der Waals surface area contributed by atoms with Crippen LogP contribution in [-0.4, -0.2) is 18.1 Å². The first-order chi connectivity index (χ1) is 9.60. The minimum absolute atomic E-state index is 0.498. The molecule has 0 aliphatic rings. The number of nitrogens with one attached hydrogen (secondary N) is 1. The molecule has 1 N–H and O–H groups in total. The molecule has 106 valence electrons. The van der Waals surface area contributed by atoms with E-state index >= 15 is 0 Å². The number of aryl methyl sites for hydroxylation is 1. The molecule has 2 rings (SSSR count). The highest BCUT2D eigenvalue weighted by Gasteiger charge is 2.05.